The maximum absolute atomic E-state index is 13.0. The summed E-state index contributed by atoms with van der Waals surface area (Å²) in [4.78, 5) is 37.6. The van der Waals surface area contributed by atoms with E-state index in [0.29, 0.717) is 33.4 Å². The van der Waals surface area contributed by atoms with E-state index in [9.17, 15) is 14.4 Å². The highest BCUT2D eigenvalue weighted by Gasteiger charge is 2.36. The summed E-state index contributed by atoms with van der Waals surface area (Å²) in [6.45, 7) is -0.560. The second-order valence-corrected chi connectivity index (χ2v) is 8.03. The Balaban J connectivity index is 1.60. The van der Waals surface area contributed by atoms with Gasteiger partial charge < -0.3 is 24.1 Å². The second kappa shape index (κ2) is 9.01. The zero-order chi connectivity index (χ0) is 22.8. The van der Waals surface area contributed by atoms with Crippen LogP contribution in [0.4, 0.5) is 4.79 Å². The van der Waals surface area contributed by atoms with Crippen LogP contribution in [0.1, 0.15) is 11.1 Å². The van der Waals surface area contributed by atoms with Crippen molar-refractivity contribution in [3.63, 3.8) is 0 Å². The number of carboxylic acids is 1. The monoisotopic (exact) mass is 477 g/mol. The van der Waals surface area contributed by atoms with Crippen molar-refractivity contribution in [3.8, 4) is 23.0 Å². The number of hydrogen-bond donors (Lipinski definition) is 1. The zero-order valence-electron chi connectivity index (χ0n) is 16.6. The minimum Gasteiger partial charge on any atom is -0.493 e. The SMILES string of the molecule is COc1cccc(/C=C2\SC(=O)N(Cc3cc4c(cc3Cl)OCO4)C2=O)c1OCC(=O)O. The summed E-state index contributed by atoms with van der Waals surface area (Å²) in [5.74, 6) is -0.235. The number of halogens is 1. The minimum absolute atomic E-state index is 0.0437. The van der Waals surface area contributed by atoms with E-state index in [4.69, 9.17) is 35.7 Å². The average molecular weight is 478 g/mol. The molecule has 2 amide bonds. The minimum atomic E-state index is -1.16. The molecule has 0 atom stereocenters. The highest BCUT2D eigenvalue weighted by molar-refractivity contribution is 8.18. The molecule has 0 aliphatic carbocycles. The number of ether oxygens (including phenoxy) is 4. The van der Waals surface area contributed by atoms with Crippen LogP contribution < -0.4 is 18.9 Å². The van der Waals surface area contributed by atoms with Crippen LogP contribution >= 0.6 is 23.4 Å². The number of carboxylic acid groups (broad SMARTS) is 1. The first kappa shape index (κ1) is 21.8. The summed E-state index contributed by atoms with van der Waals surface area (Å²) in [5, 5.41) is 8.80. The first-order valence-electron chi connectivity index (χ1n) is 9.22. The van der Waals surface area contributed by atoms with Crippen LogP contribution in [0.3, 0.4) is 0 Å². The van der Waals surface area contributed by atoms with E-state index < -0.39 is 23.7 Å². The van der Waals surface area contributed by atoms with Crippen molar-refractivity contribution in [1.82, 2.24) is 4.90 Å². The number of hydrogen-bond acceptors (Lipinski definition) is 8. The van der Waals surface area contributed by atoms with E-state index in [1.54, 1.807) is 30.3 Å². The Bertz CT molecular complexity index is 1150. The van der Waals surface area contributed by atoms with Gasteiger partial charge in [-0.2, -0.15) is 0 Å². The van der Waals surface area contributed by atoms with Crippen molar-refractivity contribution in [1.29, 1.82) is 0 Å². The average Bonchev–Trinajstić information content (AvgIpc) is 3.31. The standard InChI is InChI=1S/C21H16ClNO8S/c1-28-14-4-2-3-11(19(14)29-9-18(24)25)6-17-20(26)23(21(27)32-17)8-12-5-15-16(7-13(12)22)31-10-30-15/h2-7H,8-10H2,1H3,(H,24,25)/b17-6-. The molecule has 2 aliphatic heterocycles. The third-order valence-corrected chi connectivity index (χ3v) is 5.86. The van der Waals surface area contributed by atoms with Crippen molar-refractivity contribution < 1.29 is 38.4 Å². The van der Waals surface area contributed by atoms with Gasteiger partial charge in [0.2, 0.25) is 6.79 Å². The lowest BCUT2D eigenvalue weighted by Crippen LogP contribution is -2.27. The van der Waals surface area contributed by atoms with Gasteiger partial charge >= 0.3 is 5.97 Å². The molecule has 0 aromatic heterocycles. The van der Waals surface area contributed by atoms with Crippen LogP contribution in [0.5, 0.6) is 23.0 Å². The molecule has 1 saturated heterocycles. The maximum Gasteiger partial charge on any atom is 0.341 e. The highest BCUT2D eigenvalue weighted by atomic mass is 35.5. The molecule has 4 rings (SSSR count). The lowest BCUT2D eigenvalue weighted by atomic mass is 10.1. The smallest absolute Gasteiger partial charge is 0.341 e. The van der Waals surface area contributed by atoms with Crippen LogP contribution in [0.2, 0.25) is 5.02 Å². The normalized spacial score (nSPS) is 16.1. The quantitative estimate of drug-likeness (QED) is 0.595. The summed E-state index contributed by atoms with van der Waals surface area (Å²) in [7, 11) is 1.41. The largest absolute Gasteiger partial charge is 0.493 e. The molecule has 166 valence electrons. The van der Waals surface area contributed by atoms with Gasteiger partial charge in [-0.3, -0.25) is 14.5 Å². The molecule has 11 heteroatoms. The number of thioether (sulfide) groups is 1. The number of aliphatic carboxylic acids is 1. The van der Waals surface area contributed by atoms with E-state index in [1.807, 2.05) is 0 Å². The van der Waals surface area contributed by atoms with E-state index in [2.05, 4.69) is 0 Å². The molecule has 0 radical (unpaired) electrons. The van der Waals surface area contributed by atoms with Gasteiger partial charge in [0.25, 0.3) is 11.1 Å². The number of imide groups is 1. The molecular formula is C21H16ClNO8S. The summed E-state index contributed by atoms with van der Waals surface area (Å²) in [6.07, 6.45) is 1.46. The molecule has 1 N–H and O–H groups in total. The van der Waals surface area contributed by atoms with Gasteiger partial charge in [0.1, 0.15) is 0 Å². The van der Waals surface area contributed by atoms with Crippen molar-refractivity contribution >= 4 is 46.6 Å². The molecule has 0 saturated carbocycles. The molecule has 2 aromatic rings. The van der Waals surface area contributed by atoms with E-state index in [0.717, 1.165) is 16.7 Å². The first-order valence-corrected chi connectivity index (χ1v) is 10.4. The van der Waals surface area contributed by atoms with E-state index >= 15 is 0 Å². The second-order valence-electron chi connectivity index (χ2n) is 6.63. The van der Waals surface area contributed by atoms with Crippen molar-refractivity contribution in [3.05, 3.63) is 51.4 Å². The zero-order valence-corrected chi connectivity index (χ0v) is 18.2. The Labute approximate surface area is 191 Å². The van der Waals surface area contributed by atoms with Gasteiger partial charge in [0, 0.05) is 16.7 Å². The Hall–Kier alpha value is -3.37. The maximum atomic E-state index is 13.0. The Morgan fingerprint density at radius 1 is 1.28 bits per heavy atom. The molecule has 1 fully saturated rings. The topological polar surface area (TPSA) is 112 Å². The molecule has 2 aromatic carbocycles. The number of amides is 2. The number of nitrogens with zero attached hydrogens (tertiary/aromatic N) is 1. The summed E-state index contributed by atoms with van der Waals surface area (Å²) < 4.78 is 21.2. The Morgan fingerprint density at radius 3 is 2.75 bits per heavy atom. The number of benzene rings is 2. The van der Waals surface area contributed by atoms with Crippen molar-refractivity contribution in [2.75, 3.05) is 20.5 Å². The Morgan fingerprint density at radius 2 is 2.03 bits per heavy atom. The van der Waals surface area contributed by atoms with Gasteiger partial charge in [-0.05, 0) is 35.5 Å². The number of para-hydroxylation sites is 1. The number of carbonyl (C=O) groups is 3. The molecule has 0 spiro atoms. The van der Waals surface area contributed by atoms with Gasteiger partial charge in [-0.1, -0.05) is 23.7 Å². The summed E-state index contributed by atoms with van der Waals surface area (Å²) in [5.41, 5.74) is 0.934. The lowest BCUT2D eigenvalue weighted by molar-refractivity contribution is -0.139. The molecule has 32 heavy (non-hydrogen) atoms. The fourth-order valence-corrected chi connectivity index (χ4v) is 4.17. The van der Waals surface area contributed by atoms with Crippen molar-refractivity contribution in [2.24, 2.45) is 0 Å². The predicted octanol–water partition coefficient (Wildman–Crippen LogP) is 3.78. The molecule has 2 aliphatic rings. The number of fused-ring (bicyclic) bond motifs is 1. The van der Waals surface area contributed by atoms with Crippen LogP contribution in [-0.4, -0.2) is 47.6 Å². The number of methoxy groups -OCH3 is 1. The van der Waals surface area contributed by atoms with Crippen LogP contribution in [0, 0.1) is 0 Å². The third-order valence-electron chi connectivity index (χ3n) is 4.60. The first-order chi connectivity index (χ1) is 15.4. The van der Waals surface area contributed by atoms with Gasteiger partial charge in [0.15, 0.2) is 29.6 Å². The fourth-order valence-electron chi connectivity index (χ4n) is 3.12. The molecule has 2 heterocycles. The Kier molecular flexibility index (Phi) is 6.15. The predicted molar refractivity (Wildman–Crippen MR) is 115 cm³/mol. The summed E-state index contributed by atoms with van der Waals surface area (Å²) in [6, 6.07) is 8.10. The lowest BCUT2D eigenvalue weighted by Gasteiger charge is -2.14. The van der Waals surface area contributed by atoms with Gasteiger partial charge in [0.05, 0.1) is 18.6 Å². The van der Waals surface area contributed by atoms with Crippen LogP contribution in [0.15, 0.2) is 35.2 Å². The van der Waals surface area contributed by atoms with E-state index in [1.165, 1.54) is 13.2 Å². The highest BCUT2D eigenvalue weighted by Crippen LogP contribution is 2.40. The van der Waals surface area contributed by atoms with Gasteiger partial charge in [-0.25, -0.2) is 4.79 Å². The summed E-state index contributed by atoms with van der Waals surface area (Å²) >= 11 is 7.04. The number of carbonyl (C=O) groups excluding carboxylic acids is 2. The molecular weight excluding hydrogens is 462 g/mol. The molecule has 0 bridgehead atoms. The van der Waals surface area contributed by atoms with Crippen LogP contribution in [-0.2, 0) is 16.1 Å². The third kappa shape index (κ3) is 4.32. The van der Waals surface area contributed by atoms with Crippen LogP contribution in [0.25, 0.3) is 6.08 Å². The fraction of sp³-hybridized carbons (Fsp3) is 0.190. The molecule has 0 unspecified atom stereocenters. The van der Waals surface area contributed by atoms with Gasteiger partial charge in [-0.15, -0.1) is 0 Å². The molecule has 9 nitrogen and oxygen atoms in total. The number of rotatable bonds is 7. The van der Waals surface area contributed by atoms with E-state index in [-0.39, 0.29) is 24.0 Å². The van der Waals surface area contributed by atoms with Crippen molar-refractivity contribution in [2.45, 2.75) is 6.54 Å².